The molecule has 6 nitrogen and oxygen atoms in total. The maximum atomic E-state index is 12.3. The highest BCUT2D eigenvalue weighted by molar-refractivity contribution is 6.30. The van der Waals surface area contributed by atoms with E-state index in [-0.39, 0.29) is 24.1 Å². The number of carbonyl (C=O) groups is 1. The quantitative estimate of drug-likeness (QED) is 0.789. The fraction of sp³-hybridized carbons (Fsp3) is 0.176. The van der Waals surface area contributed by atoms with E-state index in [1.807, 2.05) is 19.1 Å². The maximum Gasteiger partial charge on any atom is 0.293 e. The van der Waals surface area contributed by atoms with Gasteiger partial charge in [-0.05, 0) is 36.8 Å². The van der Waals surface area contributed by atoms with Gasteiger partial charge in [0.2, 0.25) is 5.91 Å². The number of benzene rings is 1. The van der Waals surface area contributed by atoms with Gasteiger partial charge in [-0.2, -0.15) is 5.10 Å². The first-order chi connectivity index (χ1) is 11.5. The molecule has 3 rings (SSSR count). The monoisotopic (exact) mass is 342 g/mol. The summed E-state index contributed by atoms with van der Waals surface area (Å²) < 4.78 is 1.11. The van der Waals surface area contributed by atoms with Crippen LogP contribution >= 0.6 is 11.6 Å². The lowest BCUT2D eigenvalue weighted by Gasteiger charge is -2.14. The summed E-state index contributed by atoms with van der Waals surface area (Å²) >= 11 is 5.85. The molecular formula is C17H15ClN4O2. The number of nitrogens with zero attached hydrogens (tertiary/aromatic N) is 3. The molecule has 1 amide bonds. The Kier molecular flexibility index (Phi) is 4.57. The van der Waals surface area contributed by atoms with Gasteiger partial charge >= 0.3 is 0 Å². The minimum Gasteiger partial charge on any atom is -0.348 e. The van der Waals surface area contributed by atoms with Gasteiger partial charge in [0.05, 0.1) is 12.2 Å². The molecule has 0 radical (unpaired) electrons. The molecule has 0 aliphatic rings. The van der Waals surface area contributed by atoms with E-state index >= 15 is 0 Å². The predicted molar refractivity (Wildman–Crippen MR) is 91.8 cm³/mol. The number of amides is 1. The fourth-order valence-electron chi connectivity index (χ4n) is 2.38. The predicted octanol–water partition coefficient (Wildman–Crippen LogP) is 2.32. The van der Waals surface area contributed by atoms with Gasteiger partial charge in [0.25, 0.3) is 5.56 Å². The Hall–Kier alpha value is -2.73. The maximum absolute atomic E-state index is 12.3. The molecule has 122 valence electrons. The Morgan fingerprint density at radius 2 is 2.04 bits per heavy atom. The van der Waals surface area contributed by atoms with E-state index in [1.165, 1.54) is 12.4 Å². The Labute approximate surface area is 143 Å². The summed E-state index contributed by atoms with van der Waals surface area (Å²) in [5, 5.41) is 8.14. The second-order valence-corrected chi connectivity index (χ2v) is 5.83. The first-order valence-corrected chi connectivity index (χ1v) is 7.78. The molecule has 2 heterocycles. The fourth-order valence-corrected chi connectivity index (χ4v) is 2.50. The highest BCUT2D eigenvalue weighted by Gasteiger charge is 2.12. The number of hydrogen-bond donors (Lipinski definition) is 1. The summed E-state index contributed by atoms with van der Waals surface area (Å²) in [6, 6.07) is 10.5. The van der Waals surface area contributed by atoms with E-state index in [9.17, 15) is 9.59 Å². The third-order valence-electron chi connectivity index (χ3n) is 3.65. The summed E-state index contributed by atoms with van der Waals surface area (Å²) in [7, 11) is 0. The van der Waals surface area contributed by atoms with Crippen molar-refractivity contribution in [2.24, 2.45) is 0 Å². The molecule has 1 aromatic carbocycles. The Balaban J connectivity index is 1.74. The summed E-state index contributed by atoms with van der Waals surface area (Å²) in [5.74, 6) is -0.303. The van der Waals surface area contributed by atoms with Gasteiger partial charge in [-0.25, -0.2) is 4.68 Å². The number of aromatic nitrogens is 3. The zero-order valence-corrected chi connectivity index (χ0v) is 13.7. The lowest BCUT2D eigenvalue weighted by molar-refractivity contribution is -0.122. The second-order valence-electron chi connectivity index (χ2n) is 5.39. The Morgan fingerprint density at radius 1 is 1.29 bits per heavy atom. The number of halogens is 1. The highest BCUT2D eigenvalue weighted by atomic mass is 35.5. The highest BCUT2D eigenvalue weighted by Crippen LogP contribution is 2.15. The summed E-state index contributed by atoms with van der Waals surface area (Å²) in [5.41, 5.74) is 0.835. The van der Waals surface area contributed by atoms with Crippen LogP contribution < -0.4 is 10.9 Å². The van der Waals surface area contributed by atoms with Crippen molar-refractivity contribution in [2.75, 3.05) is 0 Å². The van der Waals surface area contributed by atoms with Crippen molar-refractivity contribution in [3.63, 3.8) is 0 Å². The number of nitrogens with one attached hydrogen (secondary N) is 1. The smallest absolute Gasteiger partial charge is 0.293 e. The molecule has 0 spiro atoms. The molecule has 7 heteroatoms. The molecule has 3 aromatic rings. The standard InChI is InChI=1S/C17H15ClN4O2/c1-11(12-4-6-14(18)7-5-12)21-15(23)10-22-17(24)16-13(9-20-22)3-2-8-19-16/h2-9,11H,10H2,1H3,(H,21,23)/t11-/m0/s1. The van der Waals surface area contributed by atoms with E-state index in [0.29, 0.717) is 15.9 Å². The van der Waals surface area contributed by atoms with Crippen molar-refractivity contribution in [1.29, 1.82) is 0 Å². The average Bonchev–Trinajstić information content (AvgIpc) is 2.58. The summed E-state index contributed by atoms with van der Waals surface area (Å²) in [6.45, 7) is 1.70. The third-order valence-corrected chi connectivity index (χ3v) is 3.90. The van der Waals surface area contributed by atoms with Crippen LogP contribution in [0.2, 0.25) is 5.02 Å². The van der Waals surface area contributed by atoms with E-state index in [2.05, 4.69) is 15.4 Å². The molecule has 0 saturated carbocycles. The van der Waals surface area contributed by atoms with Crippen molar-refractivity contribution < 1.29 is 4.79 Å². The number of hydrogen-bond acceptors (Lipinski definition) is 4. The molecule has 1 N–H and O–H groups in total. The van der Waals surface area contributed by atoms with Crippen LogP contribution in [0.3, 0.4) is 0 Å². The summed E-state index contributed by atoms with van der Waals surface area (Å²) in [6.07, 6.45) is 3.07. The second kappa shape index (κ2) is 6.80. The molecule has 1 atom stereocenters. The average molecular weight is 343 g/mol. The van der Waals surface area contributed by atoms with Gasteiger partial charge in [0.1, 0.15) is 12.1 Å². The van der Waals surface area contributed by atoms with Crippen LogP contribution in [-0.4, -0.2) is 20.7 Å². The largest absolute Gasteiger partial charge is 0.348 e. The van der Waals surface area contributed by atoms with Crippen molar-refractivity contribution in [3.05, 3.63) is 69.7 Å². The molecule has 0 aliphatic heterocycles. The minimum absolute atomic E-state index is 0.163. The zero-order valence-electron chi connectivity index (χ0n) is 12.9. The van der Waals surface area contributed by atoms with Crippen molar-refractivity contribution >= 4 is 28.4 Å². The molecule has 2 aromatic heterocycles. The van der Waals surface area contributed by atoms with Crippen LogP contribution in [0.1, 0.15) is 18.5 Å². The minimum atomic E-state index is -0.387. The number of rotatable bonds is 4. The SMILES string of the molecule is C[C@H](NC(=O)Cn1ncc2cccnc2c1=O)c1ccc(Cl)cc1. The van der Waals surface area contributed by atoms with Crippen molar-refractivity contribution in [2.45, 2.75) is 19.5 Å². The number of carbonyl (C=O) groups excluding carboxylic acids is 1. The molecule has 0 bridgehead atoms. The molecular weight excluding hydrogens is 328 g/mol. The van der Waals surface area contributed by atoms with Gasteiger partial charge in [-0.1, -0.05) is 23.7 Å². The zero-order chi connectivity index (χ0) is 17.1. The number of fused-ring (bicyclic) bond motifs is 1. The molecule has 0 aliphatic carbocycles. The van der Waals surface area contributed by atoms with E-state index in [1.54, 1.807) is 24.3 Å². The van der Waals surface area contributed by atoms with Gasteiger partial charge in [0.15, 0.2) is 0 Å². The lowest BCUT2D eigenvalue weighted by Crippen LogP contribution is -2.35. The van der Waals surface area contributed by atoms with Crippen LogP contribution in [0.4, 0.5) is 0 Å². The van der Waals surface area contributed by atoms with E-state index in [0.717, 1.165) is 10.2 Å². The molecule has 0 unspecified atom stereocenters. The molecule has 0 fully saturated rings. The normalized spacial score (nSPS) is 12.1. The van der Waals surface area contributed by atoms with E-state index < -0.39 is 0 Å². The van der Waals surface area contributed by atoms with Gasteiger partial charge in [-0.3, -0.25) is 14.6 Å². The first kappa shape index (κ1) is 16.1. The Bertz CT molecular complexity index is 937. The van der Waals surface area contributed by atoms with Crippen molar-refractivity contribution in [3.8, 4) is 0 Å². The van der Waals surface area contributed by atoms with Crippen LogP contribution in [0, 0.1) is 0 Å². The van der Waals surface area contributed by atoms with Crippen LogP contribution in [0.25, 0.3) is 10.9 Å². The summed E-state index contributed by atoms with van der Waals surface area (Å²) in [4.78, 5) is 28.5. The van der Waals surface area contributed by atoms with Crippen LogP contribution in [0.5, 0.6) is 0 Å². The van der Waals surface area contributed by atoms with Crippen molar-refractivity contribution in [1.82, 2.24) is 20.1 Å². The van der Waals surface area contributed by atoms with Gasteiger partial charge in [0, 0.05) is 16.6 Å². The number of pyridine rings is 1. The Morgan fingerprint density at radius 3 is 2.79 bits per heavy atom. The topological polar surface area (TPSA) is 76.9 Å². The van der Waals surface area contributed by atoms with Crippen LogP contribution in [0.15, 0.2) is 53.6 Å². The molecule has 0 saturated heterocycles. The molecule has 24 heavy (non-hydrogen) atoms. The van der Waals surface area contributed by atoms with Crippen LogP contribution in [-0.2, 0) is 11.3 Å². The first-order valence-electron chi connectivity index (χ1n) is 7.40. The van der Waals surface area contributed by atoms with E-state index in [4.69, 9.17) is 11.6 Å². The van der Waals surface area contributed by atoms with Gasteiger partial charge in [-0.15, -0.1) is 0 Å². The van der Waals surface area contributed by atoms with Gasteiger partial charge < -0.3 is 5.32 Å². The lowest BCUT2D eigenvalue weighted by atomic mass is 10.1. The third kappa shape index (κ3) is 3.44.